The standard InChI is InChI=1S/C12H17N3O6/c1-12(9(16)17,10(18)19)5-3-2-4-7-14-8-6-13-11(14)15(20)21/h6,8H,2-5,7H2,1H3,(H,16,17)(H,18,19). The quantitative estimate of drug-likeness (QED) is 0.305. The van der Waals surface area contributed by atoms with Crippen molar-refractivity contribution in [1.82, 2.24) is 9.55 Å². The third-order valence-electron chi connectivity index (χ3n) is 3.38. The summed E-state index contributed by atoms with van der Waals surface area (Å²) >= 11 is 0. The molecule has 1 heterocycles. The van der Waals surface area contributed by atoms with Crippen LogP contribution in [0.3, 0.4) is 0 Å². The Balaban J connectivity index is 2.41. The molecule has 2 N–H and O–H groups in total. The number of aromatic nitrogens is 2. The van der Waals surface area contributed by atoms with E-state index in [4.69, 9.17) is 10.2 Å². The molecule has 0 atom stereocenters. The molecular formula is C12H17N3O6. The van der Waals surface area contributed by atoms with Crippen molar-refractivity contribution in [3.63, 3.8) is 0 Å². The molecule has 0 radical (unpaired) electrons. The highest BCUT2D eigenvalue weighted by Gasteiger charge is 2.40. The molecule has 0 aliphatic heterocycles. The van der Waals surface area contributed by atoms with Gasteiger partial charge in [0.25, 0.3) is 0 Å². The summed E-state index contributed by atoms with van der Waals surface area (Å²) in [6.45, 7) is 1.56. The van der Waals surface area contributed by atoms with E-state index in [1.54, 1.807) is 0 Å². The lowest BCUT2D eigenvalue weighted by atomic mass is 9.85. The van der Waals surface area contributed by atoms with Crippen LogP contribution >= 0.6 is 0 Å². The number of hydrogen-bond donors (Lipinski definition) is 2. The molecule has 0 saturated carbocycles. The van der Waals surface area contributed by atoms with E-state index < -0.39 is 22.3 Å². The van der Waals surface area contributed by atoms with Crippen molar-refractivity contribution in [1.29, 1.82) is 0 Å². The molecule has 0 aromatic carbocycles. The van der Waals surface area contributed by atoms with Crippen molar-refractivity contribution in [3.05, 3.63) is 22.5 Å². The van der Waals surface area contributed by atoms with E-state index in [1.165, 1.54) is 23.9 Å². The Morgan fingerprint density at radius 1 is 1.33 bits per heavy atom. The Labute approximate surface area is 120 Å². The summed E-state index contributed by atoms with van der Waals surface area (Å²) in [5.41, 5.74) is -1.79. The van der Waals surface area contributed by atoms with E-state index in [-0.39, 0.29) is 12.4 Å². The zero-order valence-corrected chi connectivity index (χ0v) is 11.6. The number of hydrogen-bond acceptors (Lipinski definition) is 5. The van der Waals surface area contributed by atoms with Crippen LogP contribution in [0.2, 0.25) is 0 Å². The third-order valence-corrected chi connectivity index (χ3v) is 3.38. The molecule has 9 nitrogen and oxygen atoms in total. The molecule has 1 aromatic heterocycles. The predicted octanol–water partition coefficient (Wildman–Crippen LogP) is 1.53. The first-order valence-corrected chi connectivity index (χ1v) is 6.41. The van der Waals surface area contributed by atoms with Gasteiger partial charge in [-0.2, -0.15) is 0 Å². The van der Waals surface area contributed by atoms with Crippen LogP contribution in [0, 0.1) is 15.5 Å². The number of unbranched alkanes of at least 4 members (excludes halogenated alkanes) is 2. The van der Waals surface area contributed by atoms with E-state index in [2.05, 4.69) is 4.98 Å². The van der Waals surface area contributed by atoms with E-state index in [0.717, 1.165) is 0 Å². The highest BCUT2D eigenvalue weighted by atomic mass is 16.6. The first-order chi connectivity index (χ1) is 9.79. The molecule has 21 heavy (non-hydrogen) atoms. The maximum Gasteiger partial charge on any atom is 0.434 e. The summed E-state index contributed by atoms with van der Waals surface area (Å²) < 4.78 is 1.40. The monoisotopic (exact) mass is 299 g/mol. The molecule has 0 aliphatic rings. The van der Waals surface area contributed by atoms with E-state index in [1.807, 2.05) is 0 Å². The molecule has 0 spiro atoms. The van der Waals surface area contributed by atoms with Crippen LogP contribution in [-0.4, -0.2) is 36.6 Å². The van der Waals surface area contributed by atoms with Gasteiger partial charge >= 0.3 is 17.9 Å². The second-order valence-electron chi connectivity index (χ2n) is 4.93. The van der Waals surface area contributed by atoms with Gasteiger partial charge in [0.2, 0.25) is 0 Å². The Morgan fingerprint density at radius 2 is 1.95 bits per heavy atom. The van der Waals surface area contributed by atoms with Gasteiger partial charge in [-0.1, -0.05) is 17.8 Å². The van der Waals surface area contributed by atoms with E-state index in [0.29, 0.717) is 25.8 Å². The molecule has 0 unspecified atom stereocenters. The fourth-order valence-corrected chi connectivity index (χ4v) is 1.89. The molecular weight excluding hydrogens is 282 g/mol. The molecule has 0 amide bonds. The first kappa shape index (κ1) is 16.6. The first-order valence-electron chi connectivity index (χ1n) is 6.41. The van der Waals surface area contributed by atoms with Gasteiger partial charge in [-0.3, -0.25) is 9.59 Å². The van der Waals surface area contributed by atoms with Crippen molar-refractivity contribution in [2.75, 3.05) is 0 Å². The van der Waals surface area contributed by atoms with Crippen LogP contribution < -0.4 is 0 Å². The van der Waals surface area contributed by atoms with Crippen LogP contribution in [0.4, 0.5) is 5.95 Å². The van der Waals surface area contributed by atoms with Crippen molar-refractivity contribution in [2.45, 2.75) is 39.2 Å². The fraction of sp³-hybridized carbons (Fsp3) is 0.583. The lowest BCUT2D eigenvalue weighted by Crippen LogP contribution is -2.36. The van der Waals surface area contributed by atoms with Gasteiger partial charge in [0.15, 0.2) is 5.41 Å². The molecule has 0 saturated heterocycles. The van der Waals surface area contributed by atoms with Crippen molar-refractivity contribution < 1.29 is 24.7 Å². The van der Waals surface area contributed by atoms with Crippen molar-refractivity contribution >= 4 is 17.9 Å². The summed E-state index contributed by atoms with van der Waals surface area (Å²) in [5, 5.41) is 28.5. The molecule has 1 rings (SSSR count). The summed E-state index contributed by atoms with van der Waals surface area (Å²) in [7, 11) is 0. The molecule has 1 aromatic rings. The van der Waals surface area contributed by atoms with Gasteiger partial charge in [-0.15, -0.1) is 0 Å². The summed E-state index contributed by atoms with van der Waals surface area (Å²) in [6, 6.07) is 0. The maximum absolute atomic E-state index is 11.0. The Morgan fingerprint density at radius 3 is 2.48 bits per heavy atom. The summed E-state index contributed by atoms with van der Waals surface area (Å²) in [4.78, 5) is 35.6. The number of carboxylic acids is 2. The third kappa shape index (κ3) is 4.01. The largest absolute Gasteiger partial charge is 0.480 e. The number of nitro groups is 1. The number of nitrogens with zero attached hydrogens (tertiary/aromatic N) is 3. The summed E-state index contributed by atoms with van der Waals surface area (Å²) in [6.07, 6.45) is 4.42. The molecule has 0 aliphatic carbocycles. The molecule has 0 fully saturated rings. The zero-order valence-electron chi connectivity index (χ0n) is 11.6. The number of aliphatic carboxylic acids is 2. The summed E-state index contributed by atoms with van der Waals surface area (Å²) in [5.74, 6) is -2.96. The Bertz CT molecular complexity index is 525. The second kappa shape index (κ2) is 6.82. The number of aryl methyl sites for hydroxylation is 1. The predicted molar refractivity (Wildman–Crippen MR) is 70.7 cm³/mol. The lowest BCUT2D eigenvalue weighted by molar-refractivity contribution is -0.396. The number of carboxylic acid groups (broad SMARTS) is 2. The minimum absolute atomic E-state index is 0.0175. The molecule has 0 bridgehead atoms. The minimum atomic E-state index is -1.79. The van der Waals surface area contributed by atoms with Crippen molar-refractivity contribution in [3.8, 4) is 0 Å². The SMILES string of the molecule is CC(CCCCCn1ccnc1[N+](=O)[O-])(C(=O)O)C(=O)O. The number of rotatable bonds is 9. The normalized spacial score (nSPS) is 11.3. The van der Waals surface area contributed by atoms with Gasteiger partial charge in [0.1, 0.15) is 12.4 Å². The minimum Gasteiger partial charge on any atom is -0.480 e. The van der Waals surface area contributed by atoms with E-state index >= 15 is 0 Å². The Hall–Kier alpha value is -2.45. The van der Waals surface area contributed by atoms with Gasteiger partial charge in [0.05, 0.1) is 6.54 Å². The highest BCUT2D eigenvalue weighted by molar-refractivity contribution is 5.97. The van der Waals surface area contributed by atoms with Crippen LogP contribution in [0.5, 0.6) is 0 Å². The van der Waals surface area contributed by atoms with Gasteiger partial charge in [0, 0.05) is 0 Å². The average molecular weight is 299 g/mol. The zero-order chi connectivity index (χ0) is 16.0. The van der Waals surface area contributed by atoms with Crippen LogP contribution in [0.25, 0.3) is 0 Å². The smallest absolute Gasteiger partial charge is 0.434 e. The second-order valence-corrected chi connectivity index (χ2v) is 4.93. The van der Waals surface area contributed by atoms with Crippen LogP contribution in [0.15, 0.2) is 12.4 Å². The van der Waals surface area contributed by atoms with Crippen LogP contribution in [-0.2, 0) is 16.1 Å². The number of carbonyl (C=O) groups is 2. The molecule has 116 valence electrons. The number of imidazole rings is 1. The van der Waals surface area contributed by atoms with Crippen molar-refractivity contribution in [2.24, 2.45) is 5.41 Å². The maximum atomic E-state index is 11.0. The lowest BCUT2D eigenvalue weighted by Gasteiger charge is -2.19. The van der Waals surface area contributed by atoms with E-state index in [9.17, 15) is 19.7 Å². The van der Waals surface area contributed by atoms with Gasteiger partial charge in [-0.05, 0) is 24.7 Å². The molecule has 9 heteroatoms. The van der Waals surface area contributed by atoms with Crippen LogP contribution in [0.1, 0.15) is 32.6 Å². The van der Waals surface area contributed by atoms with Gasteiger partial charge < -0.3 is 20.3 Å². The highest BCUT2D eigenvalue weighted by Crippen LogP contribution is 2.25. The Kier molecular flexibility index (Phi) is 5.39. The van der Waals surface area contributed by atoms with Gasteiger partial charge in [-0.25, -0.2) is 4.57 Å². The fourth-order valence-electron chi connectivity index (χ4n) is 1.89. The topological polar surface area (TPSA) is 136 Å². The average Bonchev–Trinajstić information content (AvgIpc) is 2.86.